The van der Waals surface area contributed by atoms with Gasteiger partial charge in [-0.3, -0.25) is 10.1 Å². The Morgan fingerprint density at radius 2 is 2.12 bits per heavy atom. The number of aromatic nitrogens is 2. The quantitative estimate of drug-likeness (QED) is 0.435. The van der Waals surface area contributed by atoms with Gasteiger partial charge in [0, 0.05) is 17.8 Å². The monoisotopic (exact) mass is 221 g/mol. The molecule has 0 bridgehead atoms. The van der Waals surface area contributed by atoms with Crippen LogP contribution >= 0.6 is 0 Å². The molecule has 2 aromatic rings. The predicted molar refractivity (Wildman–Crippen MR) is 55.2 cm³/mol. The smallest absolute Gasteiger partial charge is 0.270 e. The molecule has 8 nitrogen and oxygen atoms in total. The minimum absolute atomic E-state index is 0.0544. The first-order valence-electron chi connectivity index (χ1n) is 4.21. The number of nitrogen functional groups attached to an aromatic ring is 2. The molecule has 2 rings (SSSR count). The zero-order valence-electron chi connectivity index (χ0n) is 7.95. The van der Waals surface area contributed by atoms with Crippen LogP contribution < -0.4 is 11.5 Å². The average Bonchev–Trinajstić information content (AvgIpc) is 2.65. The Bertz CT molecular complexity index is 550. The molecule has 0 aliphatic carbocycles. The third-order valence-electron chi connectivity index (χ3n) is 1.92. The summed E-state index contributed by atoms with van der Waals surface area (Å²) in [6.07, 6.45) is 0. The summed E-state index contributed by atoms with van der Waals surface area (Å²) in [6, 6.07) is 3.94. The van der Waals surface area contributed by atoms with Gasteiger partial charge < -0.3 is 16.0 Å². The third kappa shape index (κ3) is 1.63. The number of nitrogens with zero attached hydrogens (tertiary/aromatic N) is 3. The molecule has 0 aliphatic heterocycles. The van der Waals surface area contributed by atoms with Gasteiger partial charge in [-0.15, -0.1) is 0 Å². The molecule has 0 radical (unpaired) electrons. The maximum absolute atomic E-state index is 10.6. The molecule has 0 saturated heterocycles. The van der Waals surface area contributed by atoms with Gasteiger partial charge in [-0.05, 0) is 11.2 Å². The molecule has 82 valence electrons. The zero-order valence-corrected chi connectivity index (χ0v) is 7.95. The topological polar surface area (TPSA) is 134 Å². The van der Waals surface area contributed by atoms with E-state index in [1.54, 1.807) is 0 Å². The van der Waals surface area contributed by atoms with Gasteiger partial charge in [-0.1, -0.05) is 0 Å². The van der Waals surface area contributed by atoms with Crippen molar-refractivity contribution in [1.29, 1.82) is 0 Å². The van der Waals surface area contributed by atoms with Crippen LogP contribution in [0.25, 0.3) is 11.5 Å². The largest absolute Gasteiger partial charge is 0.398 e. The number of nitrogens with two attached hydrogens (primary N) is 2. The van der Waals surface area contributed by atoms with Gasteiger partial charge in [0.15, 0.2) is 0 Å². The number of anilines is 2. The van der Waals surface area contributed by atoms with Gasteiger partial charge in [0.1, 0.15) is 0 Å². The van der Waals surface area contributed by atoms with Gasteiger partial charge in [0.2, 0.25) is 0 Å². The molecule has 4 N–H and O–H groups in total. The Hall–Kier alpha value is -2.64. The highest BCUT2D eigenvalue weighted by Crippen LogP contribution is 2.28. The lowest BCUT2D eigenvalue weighted by atomic mass is 10.1. The van der Waals surface area contributed by atoms with E-state index >= 15 is 0 Å². The summed E-state index contributed by atoms with van der Waals surface area (Å²) >= 11 is 0. The summed E-state index contributed by atoms with van der Waals surface area (Å²) in [5.41, 5.74) is 11.4. The molecule has 0 saturated carbocycles. The van der Waals surface area contributed by atoms with Crippen LogP contribution in [0.2, 0.25) is 0 Å². The molecule has 0 aliphatic rings. The second-order valence-corrected chi connectivity index (χ2v) is 2.99. The zero-order chi connectivity index (χ0) is 11.7. The number of hydrogen-bond acceptors (Lipinski definition) is 7. The van der Waals surface area contributed by atoms with Crippen molar-refractivity contribution in [3.8, 4) is 11.5 Å². The number of nitro groups is 1. The van der Waals surface area contributed by atoms with E-state index in [1.165, 1.54) is 18.2 Å². The predicted octanol–water partition coefficient (Wildman–Crippen LogP) is 0.809. The second-order valence-electron chi connectivity index (χ2n) is 2.99. The van der Waals surface area contributed by atoms with Crippen LogP contribution in [0.5, 0.6) is 0 Å². The Labute approximate surface area is 89.0 Å². The fourth-order valence-corrected chi connectivity index (χ4v) is 1.19. The Kier molecular flexibility index (Phi) is 2.16. The first kappa shape index (κ1) is 9.90. The fourth-order valence-electron chi connectivity index (χ4n) is 1.19. The highest BCUT2D eigenvalue weighted by molar-refractivity contribution is 5.73. The Morgan fingerprint density at radius 1 is 1.38 bits per heavy atom. The van der Waals surface area contributed by atoms with Crippen LogP contribution in [0.4, 0.5) is 17.3 Å². The van der Waals surface area contributed by atoms with Crippen LogP contribution in [0.1, 0.15) is 0 Å². The third-order valence-corrected chi connectivity index (χ3v) is 1.92. The molecule has 0 spiro atoms. The van der Waals surface area contributed by atoms with Crippen LogP contribution in [0.15, 0.2) is 22.7 Å². The maximum Gasteiger partial charge on any atom is 0.270 e. The van der Waals surface area contributed by atoms with Gasteiger partial charge in [-0.2, -0.15) is 4.98 Å². The minimum Gasteiger partial charge on any atom is -0.398 e. The minimum atomic E-state index is -0.539. The van der Waals surface area contributed by atoms with Crippen LogP contribution in [0.3, 0.4) is 0 Å². The summed E-state index contributed by atoms with van der Waals surface area (Å²) in [5, 5.41) is 13.9. The molecule has 1 aromatic heterocycles. The highest BCUT2D eigenvalue weighted by Gasteiger charge is 2.15. The summed E-state index contributed by atoms with van der Waals surface area (Å²) in [7, 11) is 0. The van der Waals surface area contributed by atoms with E-state index < -0.39 is 4.92 Å². The van der Waals surface area contributed by atoms with Crippen LogP contribution in [-0.2, 0) is 0 Å². The Balaban J connectivity index is 2.55. The first-order valence-corrected chi connectivity index (χ1v) is 4.21. The van der Waals surface area contributed by atoms with Crippen LogP contribution in [0, 0.1) is 10.1 Å². The number of benzene rings is 1. The van der Waals surface area contributed by atoms with E-state index in [9.17, 15) is 10.1 Å². The molecule has 0 amide bonds. The molecule has 0 atom stereocenters. The molecule has 1 aromatic carbocycles. The van der Waals surface area contributed by atoms with Gasteiger partial charge in [-0.25, -0.2) is 0 Å². The average molecular weight is 221 g/mol. The molecule has 8 heteroatoms. The van der Waals surface area contributed by atoms with Crippen molar-refractivity contribution in [1.82, 2.24) is 10.1 Å². The lowest BCUT2D eigenvalue weighted by Crippen LogP contribution is -1.94. The van der Waals surface area contributed by atoms with Crippen LogP contribution in [-0.4, -0.2) is 15.1 Å². The first-order chi connectivity index (χ1) is 7.58. The lowest BCUT2D eigenvalue weighted by molar-refractivity contribution is -0.384. The number of hydrogen-bond donors (Lipinski definition) is 2. The standard InChI is InChI=1S/C8H7N5O3/c9-6-2-1-4(13(14)15)3-5(6)7-11-8(10)12-16-7/h1-3H,9H2,(H2,10,12). The van der Waals surface area contributed by atoms with Crippen molar-refractivity contribution in [2.24, 2.45) is 0 Å². The number of rotatable bonds is 2. The van der Waals surface area contributed by atoms with Crippen molar-refractivity contribution in [3.05, 3.63) is 28.3 Å². The van der Waals surface area contributed by atoms with E-state index in [0.717, 1.165) is 0 Å². The summed E-state index contributed by atoms with van der Waals surface area (Å²) in [4.78, 5) is 13.8. The molecule has 0 fully saturated rings. The van der Waals surface area contributed by atoms with E-state index in [1.807, 2.05) is 0 Å². The maximum atomic E-state index is 10.6. The summed E-state index contributed by atoms with van der Waals surface area (Å²) in [5.74, 6) is -0.000365. The van der Waals surface area contributed by atoms with Gasteiger partial charge in [0.05, 0.1) is 10.5 Å². The van der Waals surface area contributed by atoms with E-state index in [0.29, 0.717) is 11.3 Å². The molecule has 1 heterocycles. The second kappa shape index (κ2) is 3.50. The molecule has 0 unspecified atom stereocenters. The number of nitro benzene ring substituents is 1. The van der Waals surface area contributed by atoms with E-state index in [4.69, 9.17) is 16.0 Å². The van der Waals surface area contributed by atoms with Gasteiger partial charge in [0.25, 0.3) is 17.5 Å². The van der Waals surface area contributed by atoms with Gasteiger partial charge >= 0.3 is 0 Å². The molecular weight excluding hydrogens is 214 g/mol. The van der Waals surface area contributed by atoms with Crippen molar-refractivity contribution < 1.29 is 9.45 Å². The lowest BCUT2D eigenvalue weighted by Gasteiger charge is -1.99. The van der Waals surface area contributed by atoms with Crippen molar-refractivity contribution in [2.45, 2.75) is 0 Å². The summed E-state index contributed by atoms with van der Waals surface area (Å²) < 4.78 is 4.78. The summed E-state index contributed by atoms with van der Waals surface area (Å²) in [6.45, 7) is 0. The normalized spacial score (nSPS) is 10.2. The van der Waals surface area contributed by atoms with E-state index in [-0.39, 0.29) is 17.5 Å². The van der Waals surface area contributed by atoms with Crippen molar-refractivity contribution in [2.75, 3.05) is 11.5 Å². The molecular formula is C8H7N5O3. The highest BCUT2D eigenvalue weighted by atomic mass is 16.6. The van der Waals surface area contributed by atoms with Crippen molar-refractivity contribution in [3.63, 3.8) is 0 Å². The number of non-ortho nitro benzene ring substituents is 1. The SMILES string of the molecule is Nc1noc(-c2cc([N+](=O)[O-])ccc2N)n1. The Morgan fingerprint density at radius 3 is 2.69 bits per heavy atom. The van der Waals surface area contributed by atoms with E-state index in [2.05, 4.69) is 10.1 Å². The van der Waals surface area contributed by atoms with Crippen molar-refractivity contribution >= 4 is 17.3 Å². The molecule has 16 heavy (non-hydrogen) atoms. The fraction of sp³-hybridized carbons (Fsp3) is 0.